The zero-order chi connectivity index (χ0) is 21.3. The lowest BCUT2D eigenvalue weighted by molar-refractivity contribution is 0.310. The van der Waals surface area contributed by atoms with Gasteiger partial charge in [0, 0.05) is 20.2 Å². The Morgan fingerprint density at radius 2 is 1.15 bits per heavy atom. The van der Waals surface area contributed by atoms with E-state index >= 15 is 0 Å². The molecule has 27 heavy (non-hydrogen) atoms. The van der Waals surface area contributed by atoms with Crippen molar-refractivity contribution in [2.24, 2.45) is 21.5 Å². The molecule has 10 heteroatoms. The van der Waals surface area contributed by atoms with Crippen LogP contribution in [-0.4, -0.2) is 52.8 Å². The number of hydrogen-bond acceptors (Lipinski definition) is 7. The molecule has 0 saturated heterocycles. The molecule has 0 heterocycles. The summed E-state index contributed by atoms with van der Waals surface area (Å²) >= 11 is 3.03. The second-order valence-corrected chi connectivity index (χ2v) is 7.93. The number of amidine groups is 2. The van der Waals surface area contributed by atoms with Crippen molar-refractivity contribution in [3.8, 4) is 0 Å². The van der Waals surface area contributed by atoms with Gasteiger partial charge in [-0.25, -0.2) is 0 Å². The summed E-state index contributed by atoms with van der Waals surface area (Å²) in [4.78, 5) is 23.9. The zero-order valence-electron chi connectivity index (χ0n) is 17.7. The van der Waals surface area contributed by atoms with Crippen molar-refractivity contribution >= 4 is 42.5 Å². The molecule has 0 bridgehead atoms. The maximum atomic E-state index is 7.76. The molecule has 0 spiro atoms. The minimum atomic E-state index is -2.10. The molecular formula is C17H41N4O3PS2. The van der Waals surface area contributed by atoms with Gasteiger partial charge in [0.15, 0.2) is 10.3 Å². The molecule has 0 aromatic rings. The molecule has 0 unspecified atom stereocenters. The zero-order valence-corrected chi connectivity index (χ0v) is 20.2. The lowest BCUT2D eigenvalue weighted by atomic mass is 10.2. The number of unbranched alkanes of at least 4 members (excludes halogenated alkanes) is 6. The largest absolute Gasteiger partial charge is 0.379 e. The maximum absolute atomic E-state index is 7.76. The number of hydrogen-bond donors (Lipinski definition) is 4. The normalized spacial score (nSPS) is 11.6. The summed E-state index contributed by atoms with van der Waals surface area (Å²) in [7, 11) is -0.870. The number of nitrogens with zero attached hydrogens (tertiary/aromatic N) is 2. The Kier molecular flexibility index (Phi) is 33.0. The molecule has 0 aliphatic rings. The topological polar surface area (TPSA) is 126 Å². The van der Waals surface area contributed by atoms with Gasteiger partial charge in [0.2, 0.25) is 0 Å². The average Bonchev–Trinajstić information content (AvgIpc) is 2.68. The Morgan fingerprint density at radius 1 is 0.815 bits per heavy atom. The van der Waals surface area contributed by atoms with Crippen LogP contribution in [0.5, 0.6) is 0 Å². The van der Waals surface area contributed by atoms with Crippen molar-refractivity contribution in [1.82, 2.24) is 0 Å². The van der Waals surface area contributed by atoms with Crippen LogP contribution in [0.25, 0.3) is 0 Å². The molecule has 0 atom stereocenters. The number of rotatable bonds is 11. The standard InChI is InChI=1S/2C8H18N2S.CH5O3P/c2*1-3-4-5-6-7-10-8(9)11-2;1-4-5(2)3/h2*3-7H2,1-2H3,(H2,9,10);2-3H,1H3. The van der Waals surface area contributed by atoms with Gasteiger partial charge in [0.25, 0.3) is 0 Å². The van der Waals surface area contributed by atoms with Crippen LogP contribution in [0.1, 0.15) is 65.2 Å². The molecule has 0 aromatic heterocycles. The molecule has 0 amide bonds. The molecule has 0 radical (unpaired) electrons. The first kappa shape index (κ1) is 31.6. The summed E-state index contributed by atoms with van der Waals surface area (Å²) < 4.78 is 3.93. The van der Waals surface area contributed by atoms with Gasteiger partial charge in [-0.2, -0.15) is 0 Å². The summed E-state index contributed by atoms with van der Waals surface area (Å²) in [5, 5.41) is 1.42. The highest BCUT2D eigenvalue weighted by Gasteiger charge is 1.89. The Bertz CT molecular complexity index is 322. The molecule has 7 nitrogen and oxygen atoms in total. The van der Waals surface area contributed by atoms with E-state index < -0.39 is 8.60 Å². The van der Waals surface area contributed by atoms with E-state index in [-0.39, 0.29) is 0 Å². The minimum Gasteiger partial charge on any atom is -0.379 e. The third kappa shape index (κ3) is 37.4. The third-order valence-corrected chi connectivity index (χ3v) is 4.56. The van der Waals surface area contributed by atoms with Crippen molar-refractivity contribution in [2.45, 2.75) is 65.2 Å². The van der Waals surface area contributed by atoms with E-state index in [1.165, 1.54) is 82.0 Å². The van der Waals surface area contributed by atoms with E-state index in [0.29, 0.717) is 10.3 Å². The molecule has 0 aliphatic heterocycles. The fourth-order valence-electron chi connectivity index (χ4n) is 1.58. The van der Waals surface area contributed by atoms with Crippen LogP contribution < -0.4 is 11.5 Å². The fourth-order valence-corrected chi connectivity index (χ4v) is 2.03. The summed E-state index contributed by atoms with van der Waals surface area (Å²) in [6.07, 6.45) is 14.0. The van der Waals surface area contributed by atoms with Crippen LogP contribution in [0.2, 0.25) is 0 Å². The van der Waals surface area contributed by atoms with Crippen molar-refractivity contribution in [3.05, 3.63) is 0 Å². The molecule has 164 valence electrons. The van der Waals surface area contributed by atoms with Crippen molar-refractivity contribution in [1.29, 1.82) is 0 Å². The molecular weight excluding hydrogens is 403 g/mol. The first-order valence-electron chi connectivity index (χ1n) is 9.29. The van der Waals surface area contributed by atoms with Gasteiger partial charge in [-0.05, 0) is 25.4 Å². The highest BCUT2D eigenvalue weighted by molar-refractivity contribution is 8.13. The average molecular weight is 445 g/mol. The SMILES string of the molecule is CCCCCCN=C(N)SC.CCCCCCN=C(N)SC.COP(O)O. The third-order valence-electron chi connectivity index (χ3n) is 3.14. The van der Waals surface area contributed by atoms with E-state index in [1.54, 1.807) is 0 Å². The first-order valence-corrected chi connectivity index (χ1v) is 12.9. The lowest BCUT2D eigenvalue weighted by Crippen LogP contribution is -2.06. The van der Waals surface area contributed by atoms with Crippen LogP contribution in [0.4, 0.5) is 0 Å². The number of thioether (sulfide) groups is 2. The lowest BCUT2D eigenvalue weighted by Gasteiger charge is -1.96. The van der Waals surface area contributed by atoms with Crippen LogP contribution in [0, 0.1) is 0 Å². The van der Waals surface area contributed by atoms with Crippen molar-refractivity contribution in [2.75, 3.05) is 32.7 Å². The second-order valence-electron chi connectivity index (χ2n) is 5.40. The number of nitrogens with two attached hydrogens (primary N) is 2. The van der Waals surface area contributed by atoms with Gasteiger partial charge in [0.05, 0.1) is 0 Å². The van der Waals surface area contributed by atoms with Crippen LogP contribution in [0.15, 0.2) is 9.98 Å². The molecule has 0 rings (SSSR count). The molecule has 0 aliphatic carbocycles. The van der Waals surface area contributed by atoms with Crippen LogP contribution in [0.3, 0.4) is 0 Å². The molecule has 6 N–H and O–H groups in total. The Labute approximate surface area is 176 Å². The summed E-state index contributed by atoms with van der Waals surface area (Å²) in [6.45, 7) is 6.21. The summed E-state index contributed by atoms with van der Waals surface area (Å²) in [5.74, 6) is 0. The predicted octanol–water partition coefficient (Wildman–Crippen LogP) is 4.33. The second kappa shape index (κ2) is 28.2. The monoisotopic (exact) mass is 444 g/mol. The predicted molar refractivity (Wildman–Crippen MR) is 127 cm³/mol. The van der Waals surface area contributed by atoms with Crippen LogP contribution in [-0.2, 0) is 4.52 Å². The van der Waals surface area contributed by atoms with E-state index in [1.807, 2.05) is 12.5 Å². The fraction of sp³-hybridized carbons (Fsp3) is 0.882. The molecule has 0 fully saturated rings. The smallest absolute Gasteiger partial charge is 0.326 e. The van der Waals surface area contributed by atoms with Crippen molar-refractivity contribution < 1.29 is 14.3 Å². The summed E-state index contributed by atoms with van der Waals surface area (Å²) in [6, 6.07) is 0. The maximum Gasteiger partial charge on any atom is 0.326 e. The van der Waals surface area contributed by atoms with Gasteiger partial charge in [-0.15, -0.1) is 0 Å². The van der Waals surface area contributed by atoms with E-state index in [9.17, 15) is 0 Å². The highest BCUT2D eigenvalue weighted by atomic mass is 32.2. The molecule has 0 aromatic carbocycles. The summed E-state index contributed by atoms with van der Waals surface area (Å²) in [5.41, 5.74) is 11.0. The molecule has 0 saturated carbocycles. The Morgan fingerprint density at radius 3 is 1.37 bits per heavy atom. The first-order chi connectivity index (χ1) is 12.9. The van der Waals surface area contributed by atoms with Gasteiger partial charge in [-0.3, -0.25) is 9.98 Å². The Hall–Kier alpha value is -0.0500. The number of aliphatic imine (C=N–C) groups is 2. The van der Waals surface area contributed by atoms with Gasteiger partial charge >= 0.3 is 8.60 Å². The van der Waals surface area contributed by atoms with Gasteiger partial charge in [-0.1, -0.05) is 75.9 Å². The van der Waals surface area contributed by atoms with E-state index in [0.717, 1.165) is 13.1 Å². The van der Waals surface area contributed by atoms with E-state index in [4.69, 9.17) is 21.3 Å². The van der Waals surface area contributed by atoms with Gasteiger partial charge < -0.3 is 25.8 Å². The quantitative estimate of drug-likeness (QED) is 0.162. The highest BCUT2D eigenvalue weighted by Crippen LogP contribution is 2.20. The van der Waals surface area contributed by atoms with Gasteiger partial charge in [0.1, 0.15) is 0 Å². The minimum absolute atomic E-state index is 0.710. The van der Waals surface area contributed by atoms with E-state index in [2.05, 4.69) is 28.4 Å². The van der Waals surface area contributed by atoms with Crippen molar-refractivity contribution in [3.63, 3.8) is 0 Å². The van der Waals surface area contributed by atoms with Crippen LogP contribution >= 0.6 is 32.1 Å². The Balaban J connectivity index is -0.000000344.